The van der Waals surface area contributed by atoms with Crippen LogP contribution in [0.4, 0.5) is 0 Å². The van der Waals surface area contributed by atoms with Gasteiger partial charge in [0.25, 0.3) is 5.91 Å². The number of hydrogen-bond donors (Lipinski definition) is 2. The summed E-state index contributed by atoms with van der Waals surface area (Å²) in [6.07, 6.45) is 0. The maximum atomic E-state index is 12.1. The summed E-state index contributed by atoms with van der Waals surface area (Å²) in [5.41, 5.74) is 0.470. The van der Waals surface area contributed by atoms with Gasteiger partial charge in [0.2, 0.25) is 5.91 Å². The average molecular weight is 395 g/mol. The lowest BCUT2D eigenvalue weighted by molar-refractivity contribution is -0.123. The van der Waals surface area contributed by atoms with Crippen LogP contribution in [0, 0.1) is 3.57 Å². The molecule has 0 spiro atoms. The molecule has 4 nitrogen and oxygen atoms in total. The summed E-state index contributed by atoms with van der Waals surface area (Å²) in [6, 6.07) is 4.51. The summed E-state index contributed by atoms with van der Waals surface area (Å²) in [7, 11) is 0. The number of benzene rings is 1. The summed E-state index contributed by atoms with van der Waals surface area (Å²) < 4.78 is 0.788. The molecule has 0 aliphatic rings. The Morgan fingerprint density at radius 1 is 1.21 bits per heavy atom. The summed E-state index contributed by atoms with van der Waals surface area (Å²) in [4.78, 5) is 23.8. The van der Waals surface area contributed by atoms with Gasteiger partial charge >= 0.3 is 0 Å². The largest absolute Gasteiger partial charge is 0.352 e. The first-order chi connectivity index (χ1) is 8.81. The smallest absolute Gasteiger partial charge is 0.253 e. The van der Waals surface area contributed by atoms with E-state index in [1.165, 1.54) is 0 Å². The van der Waals surface area contributed by atoms with Crippen molar-refractivity contribution in [3.8, 4) is 0 Å². The SMILES string of the molecule is CC(C)NC(=O)C(C)NC(=O)c1cc(Cl)ccc1I. The van der Waals surface area contributed by atoms with Crippen molar-refractivity contribution in [3.05, 3.63) is 32.4 Å². The maximum absolute atomic E-state index is 12.1. The number of halogens is 2. The number of carbonyl (C=O) groups excluding carboxylic acids is 2. The quantitative estimate of drug-likeness (QED) is 0.771. The Morgan fingerprint density at radius 2 is 1.84 bits per heavy atom. The normalized spacial score (nSPS) is 12.1. The predicted molar refractivity (Wildman–Crippen MR) is 84.4 cm³/mol. The second kappa shape index (κ2) is 7.09. The first-order valence-corrected chi connectivity index (χ1v) is 7.33. The number of amides is 2. The molecule has 0 aliphatic carbocycles. The van der Waals surface area contributed by atoms with Crippen LogP contribution in [0.5, 0.6) is 0 Å². The van der Waals surface area contributed by atoms with Crippen LogP contribution >= 0.6 is 34.2 Å². The van der Waals surface area contributed by atoms with E-state index in [4.69, 9.17) is 11.6 Å². The lowest BCUT2D eigenvalue weighted by Gasteiger charge is -2.16. The zero-order valence-electron chi connectivity index (χ0n) is 11.0. The molecule has 1 rings (SSSR count). The van der Waals surface area contributed by atoms with Gasteiger partial charge in [0.05, 0.1) is 5.56 Å². The van der Waals surface area contributed by atoms with E-state index in [1.807, 2.05) is 13.8 Å². The molecule has 0 fully saturated rings. The van der Waals surface area contributed by atoms with E-state index in [0.29, 0.717) is 10.6 Å². The zero-order valence-corrected chi connectivity index (χ0v) is 13.9. The van der Waals surface area contributed by atoms with Crippen molar-refractivity contribution in [3.63, 3.8) is 0 Å². The average Bonchev–Trinajstić information content (AvgIpc) is 2.31. The van der Waals surface area contributed by atoms with Gasteiger partial charge < -0.3 is 10.6 Å². The lowest BCUT2D eigenvalue weighted by atomic mass is 10.2. The molecule has 0 aliphatic heterocycles. The molecule has 2 N–H and O–H groups in total. The fourth-order valence-corrected chi connectivity index (χ4v) is 2.17. The highest BCUT2D eigenvalue weighted by molar-refractivity contribution is 14.1. The summed E-state index contributed by atoms with van der Waals surface area (Å²) >= 11 is 7.92. The third-order valence-electron chi connectivity index (χ3n) is 2.34. The van der Waals surface area contributed by atoms with E-state index >= 15 is 0 Å². The van der Waals surface area contributed by atoms with Gasteiger partial charge in [-0.25, -0.2) is 0 Å². The van der Waals surface area contributed by atoms with Crippen LogP contribution in [0.1, 0.15) is 31.1 Å². The monoisotopic (exact) mass is 394 g/mol. The molecular formula is C13H16ClIN2O2. The van der Waals surface area contributed by atoms with Gasteiger partial charge in [0.1, 0.15) is 6.04 Å². The van der Waals surface area contributed by atoms with Crippen LogP contribution in [-0.4, -0.2) is 23.9 Å². The molecule has 0 saturated carbocycles. The minimum atomic E-state index is -0.593. The lowest BCUT2D eigenvalue weighted by Crippen LogP contribution is -2.46. The van der Waals surface area contributed by atoms with Gasteiger partial charge in [-0.15, -0.1) is 0 Å². The van der Waals surface area contributed by atoms with E-state index in [-0.39, 0.29) is 17.9 Å². The summed E-state index contributed by atoms with van der Waals surface area (Å²) in [5, 5.41) is 5.89. The Morgan fingerprint density at radius 3 is 2.42 bits per heavy atom. The fourth-order valence-electron chi connectivity index (χ4n) is 1.42. The molecule has 104 valence electrons. The Balaban J connectivity index is 2.74. The van der Waals surface area contributed by atoms with Crippen LogP contribution < -0.4 is 10.6 Å². The van der Waals surface area contributed by atoms with Crippen molar-refractivity contribution in [1.29, 1.82) is 0 Å². The van der Waals surface area contributed by atoms with E-state index in [2.05, 4.69) is 33.2 Å². The van der Waals surface area contributed by atoms with Crippen LogP contribution in [0.2, 0.25) is 5.02 Å². The number of carbonyl (C=O) groups is 2. The second-order valence-electron chi connectivity index (χ2n) is 4.48. The fraction of sp³-hybridized carbons (Fsp3) is 0.385. The molecule has 1 unspecified atom stereocenters. The molecule has 2 amide bonds. The maximum Gasteiger partial charge on any atom is 0.253 e. The Kier molecular flexibility index (Phi) is 6.06. The van der Waals surface area contributed by atoms with Gasteiger partial charge in [-0.3, -0.25) is 9.59 Å². The zero-order chi connectivity index (χ0) is 14.6. The first kappa shape index (κ1) is 16.2. The summed E-state index contributed by atoms with van der Waals surface area (Å²) in [5.74, 6) is -0.515. The number of rotatable bonds is 4. The number of nitrogens with one attached hydrogen (secondary N) is 2. The molecule has 0 radical (unpaired) electrons. The van der Waals surface area contributed by atoms with Crippen molar-refractivity contribution >= 4 is 46.0 Å². The number of hydrogen-bond acceptors (Lipinski definition) is 2. The first-order valence-electron chi connectivity index (χ1n) is 5.87. The molecule has 1 atom stereocenters. The Hall–Kier alpha value is -0.820. The highest BCUT2D eigenvalue weighted by atomic mass is 127. The topological polar surface area (TPSA) is 58.2 Å². The third-order valence-corrected chi connectivity index (χ3v) is 3.52. The van der Waals surface area contributed by atoms with Gasteiger partial charge in [0.15, 0.2) is 0 Å². The Labute approximate surface area is 131 Å². The van der Waals surface area contributed by atoms with Gasteiger partial charge in [0, 0.05) is 14.6 Å². The molecule has 0 saturated heterocycles. The van der Waals surface area contributed by atoms with Crippen LogP contribution in [0.25, 0.3) is 0 Å². The van der Waals surface area contributed by atoms with E-state index in [1.54, 1.807) is 25.1 Å². The second-order valence-corrected chi connectivity index (χ2v) is 6.08. The van der Waals surface area contributed by atoms with Crippen LogP contribution in [-0.2, 0) is 4.79 Å². The van der Waals surface area contributed by atoms with Crippen LogP contribution in [0.15, 0.2) is 18.2 Å². The molecule has 6 heteroatoms. The summed E-state index contributed by atoms with van der Waals surface area (Å²) in [6.45, 7) is 5.38. The van der Waals surface area contributed by atoms with Gasteiger partial charge in [-0.1, -0.05) is 11.6 Å². The molecule has 1 aromatic carbocycles. The molecule has 0 aromatic heterocycles. The van der Waals surface area contributed by atoms with Crippen molar-refractivity contribution in [1.82, 2.24) is 10.6 Å². The minimum absolute atomic E-state index is 0.0400. The van der Waals surface area contributed by atoms with Gasteiger partial charge in [-0.05, 0) is 61.6 Å². The van der Waals surface area contributed by atoms with Crippen molar-refractivity contribution in [2.45, 2.75) is 32.9 Å². The van der Waals surface area contributed by atoms with Crippen molar-refractivity contribution < 1.29 is 9.59 Å². The predicted octanol–water partition coefficient (Wildman–Crippen LogP) is 2.59. The molecule has 1 aromatic rings. The highest BCUT2D eigenvalue weighted by Gasteiger charge is 2.18. The highest BCUT2D eigenvalue weighted by Crippen LogP contribution is 2.17. The van der Waals surface area contributed by atoms with Gasteiger partial charge in [-0.2, -0.15) is 0 Å². The standard InChI is InChI=1S/C13H16ClIN2O2/c1-7(2)16-12(18)8(3)17-13(19)10-6-9(14)4-5-11(10)15/h4-8H,1-3H3,(H,16,18)(H,17,19). The van der Waals surface area contributed by atoms with E-state index in [0.717, 1.165) is 3.57 Å². The van der Waals surface area contributed by atoms with Crippen molar-refractivity contribution in [2.75, 3.05) is 0 Å². The molecule has 19 heavy (non-hydrogen) atoms. The molecule has 0 bridgehead atoms. The third kappa shape index (κ3) is 4.99. The molecule has 0 heterocycles. The Bertz CT molecular complexity index is 492. The molecular weight excluding hydrogens is 379 g/mol. The van der Waals surface area contributed by atoms with Crippen LogP contribution in [0.3, 0.4) is 0 Å². The van der Waals surface area contributed by atoms with E-state index in [9.17, 15) is 9.59 Å². The van der Waals surface area contributed by atoms with E-state index < -0.39 is 6.04 Å². The van der Waals surface area contributed by atoms with Crippen molar-refractivity contribution in [2.24, 2.45) is 0 Å². The minimum Gasteiger partial charge on any atom is -0.352 e.